The van der Waals surface area contributed by atoms with Gasteiger partial charge in [-0.1, -0.05) is 0 Å². The molecular weight excluding hydrogens is 567 g/mol. The van der Waals surface area contributed by atoms with E-state index in [-0.39, 0.29) is 36.7 Å². The Balaban J connectivity index is 1.53. The molecule has 1 aromatic rings. The van der Waals surface area contributed by atoms with Gasteiger partial charge in [-0.3, -0.25) is 29.0 Å². The molecule has 43 heavy (non-hydrogen) atoms. The highest BCUT2D eigenvalue weighted by Gasteiger charge is 2.63. The summed E-state index contributed by atoms with van der Waals surface area (Å²) in [6.45, 7) is 1.03. The van der Waals surface area contributed by atoms with Crippen LogP contribution in [0.1, 0.15) is 35.2 Å². The van der Waals surface area contributed by atoms with Gasteiger partial charge in [-0.05, 0) is 52.2 Å². The molecule has 5 atom stereocenters. The van der Waals surface area contributed by atoms with Crippen molar-refractivity contribution in [3.8, 4) is 5.75 Å². The second-order valence-corrected chi connectivity index (χ2v) is 11.8. The number of fused-ring (bicyclic) bond motifs is 3. The van der Waals surface area contributed by atoms with Crippen molar-refractivity contribution in [1.82, 2.24) is 9.80 Å². The molecule has 0 bridgehead atoms. The minimum Gasteiger partial charge on any atom is -0.510 e. The maximum atomic E-state index is 15.5. The van der Waals surface area contributed by atoms with Gasteiger partial charge in [0.05, 0.1) is 30.4 Å². The molecule has 0 spiro atoms. The molecule has 4 aliphatic rings. The van der Waals surface area contributed by atoms with Crippen molar-refractivity contribution in [3.05, 3.63) is 45.7 Å². The number of ether oxygens (including phenoxy) is 1. The molecule has 1 heterocycles. The number of nitrogens with two attached hydrogens (primary N) is 1. The number of aliphatic hydroxyl groups is 3. The Hall–Kier alpha value is -3.85. The number of aromatic hydroxyl groups is 1. The number of carbonyl (C=O) groups is 4. The number of carbonyl (C=O) groups excluding carboxylic acids is 4. The minimum atomic E-state index is -2.81. The van der Waals surface area contributed by atoms with Crippen LogP contribution in [0.15, 0.2) is 28.7 Å². The number of likely N-dealkylation sites (N-methyl/N-ethyl adjacent to an activating group) is 1. The Labute approximate surface area is 246 Å². The van der Waals surface area contributed by atoms with Gasteiger partial charge >= 0.3 is 0 Å². The predicted octanol–water partition coefficient (Wildman–Crippen LogP) is 0.309. The molecule has 3 aliphatic carbocycles. The number of rotatable bonds is 7. The molecule has 0 aromatic heterocycles. The van der Waals surface area contributed by atoms with Crippen LogP contribution in [0, 0.1) is 17.7 Å². The Bertz CT molecular complexity index is 1490. The number of halogens is 1. The summed E-state index contributed by atoms with van der Waals surface area (Å²) in [4.78, 5) is 55.5. The maximum absolute atomic E-state index is 15.5. The van der Waals surface area contributed by atoms with E-state index in [0.717, 1.165) is 18.9 Å². The molecule has 7 N–H and O–H groups in total. The van der Waals surface area contributed by atoms with Crippen LogP contribution in [0.2, 0.25) is 0 Å². The van der Waals surface area contributed by atoms with E-state index in [4.69, 9.17) is 10.5 Å². The van der Waals surface area contributed by atoms with Crippen LogP contribution in [0.5, 0.6) is 5.75 Å². The molecule has 0 unspecified atom stereocenters. The van der Waals surface area contributed by atoms with Gasteiger partial charge in [0.25, 0.3) is 5.91 Å². The fraction of sp³-hybridized carbons (Fsp3) is 0.517. The third-order valence-corrected chi connectivity index (χ3v) is 9.15. The summed E-state index contributed by atoms with van der Waals surface area (Å²) in [5, 5.41) is 47.4. The van der Waals surface area contributed by atoms with Gasteiger partial charge in [0, 0.05) is 36.3 Å². The fourth-order valence-electron chi connectivity index (χ4n) is 7.23. The monoisotopic (exact) mass is 602 g/mol. The number of Topliss-reactive ketones (excluding diaryl/α,β-unsaturated/α-hetero) is 2. The highest BCUT2D eigenvalue weighted by Crippen LogP contribution is 2.53. The van der Waals surface area contributed by atoms with Crippen molar-refractivity contribution in [2.24, 2.45) is 17.6 Å². The predicted molar refractivity (Wildman–Crippen MR) is 149 cm³/mol. The highest BCUT2D eigenvalue weighted by molar-refractivity contribution is 6.25. The lowest BCUT2D eigenvalue weighted by Crippen LogP contribution is -2.63. The van der Waals surface area contributed by atoms with E-state index in [1.54, 1.807) is 7.11 Å². The number of nitrogens with one attached hydrogen (secondary N) is 1. The molecule has 5 rings (SSSR count). The average Bonchev–Trinajstić information content (AvgIpc) is 3.35. The number of hydrogen-bond donors (Lipinski definition) is 6. The van der Waals surface area contributed by atoms with Crippen molar-refractivity contribution in [3.63, 3.8) is 0 Å². The average molecular weight is 603 g/mol. The number of anilines is 1. The van der Waals surface area contributed by atoms with Crippen molar-refractivity contribution in [2.45, 2.75) is 43.4 Å². The zero-order chi connectivity index (χ0) is 31.5. The van der Waals surface area contributed by atoms with Crippen LogP contribution < -0.4 is 11.1 Å². The summed E-state index contributed by atoms with van der Waals surface area (Å²) < 4.78 is 20.7. The number of nitrogens with zero attached hydrogens (tertiary/aromatic N) is 2. The SMILES string of the molecule is COC[C@@H]1CCCN1CC(=O)Nc1cc(F)c2c(c1O)C(=O)C1=C(O)[C@]3(O)C(=O)C(C(N)=O)=C(O)[C@@H](N(C)C)[C@@H]3C[C@@H]1C2. The van der Waals surface area contributed by atoms with Crippen LogP contribution in [0.25, 0.3) is 0 Å². The number of phenols is 1. The smallest absolute Gasteiger partial charge is 0.255 e. The molecule has 1 saturated heterocycles. The third-order valence-electron chi connectivity index (χ3n) is 9.15. The quantitative estimate of drug-likeness (QED) is 0.185. The van der Waals surface area contributed by atoms with E-state index >= 15 is 4.39 Å². The molecule has 14 heteroatoms. The first-order chi connectivity index (χ1) is 20.2. The highest BCUT2D eigenvalue weighted by atomic mass is 19.1. The van der Waals surface area contributed by atoms with Gasteiger partial charge in [0.15, 0.2) is 17.1 Å². The van der Waals surface area contributed by atoms with E-state index < -0.39 is 86.7 Å². The van der Waals surface area contributed by atoms with E-state index in [9.17, 15) is 39.6 Å². The lowest BCUT2D eigenvalue weighted by molar-refractivity contribution is -0.148. The standard InChI is InChI=1S/C29H35FN4O9/c1-33(2)22-15-8-12-7-14-16(30)9-17(32-18(35)10-34-6-4-5-13(34)11-43-3)23(36)20(14)24(37)19(12)26(39)29(15,42)27(40)21(25(22)38)28(31)41/h9,12-13,15,22,36,38-39,42H,4-8,10-11H2,1-3H3,(H2,31,41)(H,32,35)/t12-,13-,15-,22-,29-/m0/s1. The topological polar surface area (TPSA) is 203 Å². The number of allylic oxidation sites excluding steroid dienone is 1. The number of hydrogen-bond acceptors (Lipinski definition) is 11. The number of ketones is 2. The van der Waals surface area contributed by atoms with Gasteiger partial charge in [0.2, 0.25) is 11.7 Å². The van der Waals surface area contributed by atoms with Gasteiger partial charge in [-0.15, -0.1) is 0 Å². The van der Waals surface area contributed by atoms with Gasteiger partial charge < -0.3 is 36.2 Å². The van der Waals surface area contributed by atoms with E-state index in [1.165, 1.54) is 19.0 Å². The molecule has 232 valence electrons. The van der Waals surface area contributed by atoms with Gasteiger partial charge in [0.1, 0.15) is 22.9 Å². The van der Waals surface area contributed by atoms with Gasteiger partial charge in [-0.25, -0.2) is 4.39 Å². The Morgan fingerprint density at radius 1 is 1.26 bits per heavy atom. The largest absolute Gasteiger partial charge is 0.510 e. The molecule has 1 fully saturated rings. The van der Waals surface area contributed by atoms with Crippen LogP contribution in [-0.4, -0.2) is 112 Å². The fourth-order valence-corrected chi connectivity index (χ4v) is 7.23. The molecule has 2 amide bonds. The van der Waals surface area contributed by atoms with E-state index in [0.29, 0.717) is 13.2 Å². The minimum absolute atomic E-state index is 0.0281. The molecular formula is C29H35FN4O9. The first-order valence-corrected chi connectivity index (χ1v) is 14.0. The number of benzene rings is 1. The number of methoxy groups -OCH3 is 1. The Morgan fingerprint density at radius 2 is 1.95 bits per heavy atom. The number of phenolic OH excluding ortho intramolecular Hbond substituents is 1. The number of likely N-dealkylation sites (tertiary alicyclic amines) is 1. The van der Waals surface area contributed by atoms with Crippen molar-refractivity contribution in [2.75, 3.05) is 46.2 Å². The summed E-state index contributed by atoms with van der Waals surface area (Å²) in [6.07, 6.45) is 1.35. The van der Waals surface area contributed by atoms with Crippen molar-refractivity contribution >= 4 is 29.1 Å². The van der Waals surface area contributed by atoms with Crippen LogP contribution in [-0.2, 0) is 25.5 Å². The van der Waals surface area contributed by atoms with E-state index in [1.807, 2.05) is 4.90 Å². The lowest BCUT2D eigenvalue weighted by Gasteiger charge is -2.50. The Morgan fingerprint density at radius 3 is 2.58 bits per heavy atom. The molecule has 0 radical (unpaired) electrons. The summed E-state index contributed by atoms with van der Waals surface area (Å²) >= 11 is 0. The number of primary amides is 1. The van der Waals surface area contributed by atoms with E-state index in [2.05, 4.69) is 5.32 Å². The third kappa shape index (κ3) is 4.69. The molecule has 1 aliphatic heterocycles. The summed E-state index contributed by atoms with van der Waals surface area (Å²) in [7, 11) is 4.59. The first kappa shape index (κ1) is 30.6. The molecule has 13 nitrogen and oxygen atoms in total. The normalized spacial score (nSPS) is 29.1. The van der Waals surface area contributed by atoms with Crippen molar-refractivity contribution in [1.29, 1.82) is 0 Å². The second kappa shape index (κ2) is 11.0. The zero-order valence-corrected chi connectivity index (χ0v) is 24.0. The maximum Gasteiger partial charge on any atom is 0.255 e. The van der Waals surface area contributed by atoms with Crippen LogP contribution in [0.4, 0.5) is 10.1 Å². The molecule has 0 saturated carbocycles. The second-order valence-electron chi connectivity index (χ2n) is 11.8. The lowest BCUT2D eigenvalue weighted by atomic mass is 9.58. The van der Waals surface area contributed by atoms with Crippen LogP contribution >= 0.6 is 0 Å². The summed E-state index contributed by atoms with van der Waals surface area (Å²) in [5.41, 5.74) is 0.161. The first-order valence-electron chi connectivity index (χ1n) is 14.0. The number of aliphatic hydroxyl groups excluding tert-OH is 2. The van der Waals surface area contributed by atoms with Crippen LogP contribution in [0.3, 0.4) is 0 Å². The number of amides is 2. The van der Waals surface area contributed by atoms with Crippen molar-refractivity contribution < 1.29 is 48.7 Å². The molecule has 1 aromatic carbocycles. The Kier molecular flexibility index (Phi) is 7.84. The van der Waals surface area contributed by atoms with Gasteiger partial charge in [-0.2, -0.15) is 0 Å². The summed E-state index contributed by atoms with van der Waals surface area (Å²) in [5.74, 6) is -9.78. The zero-order valence-electron chi connectivity index (χ0n) is 24.0. The summed E-state index contributed by atoms with van der Waals surface area (Å²) in [6, 6.07) is -0.204.